The number of amides is 1. The van der Waals surface area contributed by atoms with E-state index in [0.717, 1.165) is 0 Å². The second kappa shape index (κ2) is 8.48. The summed E-state index contributed by atoms with van der Waals surface area (Å²) in [7, 11) is 1.28. The Morgan fingerprint density at radius 3 is 2.59 bits per heavy atom. The second-order valence-electron chi connectivity index (χ2n) is 6.65. The molecule has 3 aromatic rings. The molecule has 0 fully saturated rings. The van der Waals surface area contributed by atoms with Crippen molar-refractivity contribution < 1.29 is 23.5 Å². The Hall–Kier alpha value is -3.13. The number of ketones is 1. The highest BCUT2D eigenvalue weighted by atomic mass is 32.1. The number of H-pyrrole nitrogens is 1. The zero-order valence-corrected chi connectivity index (χ0v) is 17.5. The molecule has 3 aromatic heterocycles. The molecule has 152 valence electrons. The van der Waals surface area contributed by atoms with E-state index in [1.165, 1.54) is 29.6 Å². The fourth-order valence-electron chi connectivity index (χ4n) is 3.27. The number of furan rings is 1. The lowest BCUT2D eigenvalue weighted by Gasteiger charge is -2.27. The van der Waals surface area contributed by atoms with Gasteiger partial charge in [0.15, 0.2) is 5.78 Å². The van der Waals surface area contributed by atoms with Gasteiger partial charge in [-0.05, 0) is 49.9 Å². The smallest absolute Gasteiger partial charge is 0.354 e. The van der Waals surface area contributed by atoms with Crippen molar-refractivity contribution in [1.29, 1.82) is 0 Å². The standard InChI is InChI=1S/C21H22N2O5S/c1-12-17(13(2)22-18(12)21(26)27-4)19(24)14(3)23(11-15-7-5-9-28-15)20(25)16-8-6-10-29-16/h5-10,14,22H,11H2,1-4H3/t14-/m0/s1. The van der Waals surface area contributed by atoms with Crippen LogP contribution >= 0.6 is 11.3 Å². The fourth-order valence-corrected chi connectivity index (χ4v) is 3.95. The van der Waals surface area contributed by atoms with Gasteiger partial charge in [0, 0.05) is 11.3 Å². The first-order valence-electron chi connectivity index (χ1n) is 9.03. The van der Waals surface area contributed by atoms with E-state index in [1.807, 2.05) is 5.38 Å². The Labute approximate surface area is 172 Å². The third kappa shape index (κ3) is 4.02. The van der Waals surface area contributed by atoms with Crippen molar-refractivity contribution in [3.63, 3.8) is 0 Å². The molecule has 0 spiro atoms. The van der Waals surface area contributed by atoms with E-state index in [2.05, 4.69) is 4.98 Å². The number of hydrogen-bond donors (Lipinski definition) is 1. The summed E-state index contributed by atoms with van der Waals surface area (Å²) < 4.78 is 10.2. The predicted octanol–water partition coefficient (Wildman–Crippen LogP) is 3.99. The van der Waals surface area contributed by atoms with Gasteiger partial charge in [-0.3, -0.25) is 9.59 Å². The number of esters is 1. The van der Waals surface area contributed by atoms with Crippen molar-refractivity contribution in [2.75, 3.05) is 7.11 Å². The minimum Gasteiger partial charge on any atom is -0.467 e. The van der Waals surface area contributed by atoms with Crippen molar-refractivity contribution in [2.24, 2.45) is 0 Å². The van der Waals surface area contributed by atoms with Crippen LogP contribution in [-0.2, 0) is 11.3 Å². The van der Waals surface area contributed by atoms with E-state index in [1.54, 1.807) is 45.0 Å². The summed E-state index contributed by atoms with van der Waals surface area (Å²) in [6, 6.07) is 6.24. The number of nitrogens with one attached hydrogen (secondary N) is 1. The number of aryl methyl sites for hydroxylation is 1. The summed E-state index contributed by atoms with van der Waals surface area (Å²) in [5, 5.41) is 1.81. The number of carbonyl (C=O) groups excluding carboxylic acids is 3. The van der Waals surface area contributed by atoms with Crippen molar-refractivity contribution in [3.8, 4) is 0 Å². The first-order chi connectivity index (χ1) is 13.8. The molecule has 1 atom stereocenters. The number of aromatic nitrogens is 1. The average Bonchev–Trinajstić information content (AvgIpc) is 3.46. The highest BCUT2D eigenvalue weighted by Crippen LogP contribution is 2.24. The maximum Gasteiger partial charge on any atom is 0.354 e. The number of Topliss-reactive ketones (excluding diaryl/α,β-unsaturated/α-hetero) is 1. The zero-order chi connectivity index (χ0) is 21.1. The fraction of sp³-hybridized carbons (Fsp3) is 0.286. The lowest BCUT2D eigenvalue weighted by atomic mass is 9.99. The SMILES string of the molecule is COC(=O)c1[nH]c(C)c(C(=O)[C@H](C)N(Cc2ccco2)C(=O)c2cccs2)c1C. The van der Waals surface area contributed by atoms with Gasteiger partial charge in [-0.15, -0.1) is 11.3 Å². The molecule has 29 heavy (non-hydrogen) atoms. The minimum atomic E-state index is -0.770. The number of hydrogen-bond acceptors (Lipinski definition) is 6. The van der Waals surface area contributed by atoms with Gasteiger partial charge in [-0.2, -0.15) is 0 Å². The van der Waals surface area contributed by atoms with E-state index in [9.17, 15) is 14.4 Å². The highest BCUT2D eigenvalue weighted by Gasteiger charge is 2.32. The minimum absolute atomic E-state index is 0.156. The number of thiophene rings is 1. The van der Waals surface area contributed by atoms with E-state index in [0.29, 0.717) is 27.5 Å². The van der Waals surface area contributed by atoms with Crippen LogP contribution < -0.4 is 0 Å². The third-order valence-corrected chi connectivity index (χ3v) is 5.68. The Kier molecular flexibility index (Phi) is 6.03. The predicted molar refractivity (Wildman–Crippen MR) is 108 cm³/mol. The van der Waals surface area contributed by atoms with Crippen molar-refractivity contribution in [3.05, 3.63) is 69.1 Å². The van der Waals surface area contributed by atoms with E-state index >= 15 is 0 Å². The number of rotatable bonds is 7. The van der Waals surface area contributed by atoms with Crippen LogP contribution in [0.15, 0.2) is 40.3 Å². The molecule has 1 N–H and O–H groups in total. The van der Waals surface area contributed by atoms with Gasteiger partial charge in [0.2, 0.25) is 0 Å². The quantitative estimate of drug-likeness (QED) is 0.466. The monoisotopic (exact) mass is 414 g/mol. The van der Waals surface area contributed by atoms with Crippen molar-refractivity contribution >= 4 is 29.0 Å². The third-order valence-electron chi connectivity index (χ3n) is 4.82. The molecule has 0 aliphatic carbocycles. The number of ether oxygens (including phenoxy) is 1. The molecule has 3 heterocycles. The highest BCUT2D eigenvalue weighted by molar-refractivity contribution is 7.12. The summed E-state index contributed by atoms with van der Waals surface area (Å²) in [4.78, 5) is 43.4. The Bertz CT molecular complexity index is 1020. The van der Waals surface area contributed by atoms with E-state index in [-0.39, 0.29) is 23.9 Å². The molecule has 0 aliphatic rings. The van der Waals surface area contributed by atoms with Crippen LogP contribution in [0.3, 0.4) is 0 Å². The van der Waals surface area contributed by atoms with Crippen LogP contribution in [0.1, 0.15) is 54.5 Å². The summed E-state index contributed by atoms with van der Waals surface area (Å²) in [5.74, 6) is -0.481. The first-order valence-corrected chi connectivity index (χ1v) is 9.91. The molecule has 0 saturated heterocycles. The van der Waals surface area contributed by atoms with Crippen LogP contribution in [0.2, 0.25) is 0 Å². The van der Waals surface area contributed by atoms with Crippen LogP contribution in [0.5, 0.6) is 0 Å². The summed E-state index contributed by atoms with van der Waals surface area (Å²) in [5.41, 5.74) is 1.69. The molecule has 3 rings (SSSR count). The van der Waals surface area contributed by atoms with Gasteiger partial charge in [0.25, 0.3) is 5.91 Å². The van der Waals surface area contributed by atoms with Crippen LogP contribution in [0.4, 0.5) is 0 Å². The van der Waals surface area contributed by atoms with E-state index < -0.39 is 12.0 Å². The second-order valence-corrected chi connectivity index (χ2v) is 7.59. The molecule has 8 heteroatoms. The van der Waals surface area contributed by atoms with Gasteiger partial charge in [0.1, 0.15) is 11.5 Å². The van der Waals surface area contributed by atoms with Crippen molar-refractivity contribution in [2.45, 2.75) is 33.4 Å². The van der Waals surface area contributed by atoms with Gasteiger partial charge < -0.3 is 19.0 Å². The summed E-state index contributed by atoms with van der Waals surface area (Å²) in [6.07, 6.45) is 1.53. The van der Waals surface area contributed by atoms with Crippen molar-refractivity contribution in [1.82, 2.24) is 9.88 Å². The maximum atomic E-state index is 13.4. The maximum absolute atomic E-state index is 13.4. The van der Waals surface area contributed by atoms with Crippen LogP contribution in [-0.4, -0.2) is 40.7 Å². The molecular formula is C21H22N2O5S. The number of methoxy groups -OCH3 is 1. The van der Waals surface area contributed by atoms with Crippen LogP contribution in [0.25, 0.3) is 0 Å². The molecule has 0 aliphatic heterocycles. The molecule has 0 unspecified atom stereocenters. The van der Waals surface area contributed by atoms with Crippen LogP contribution in [0, 0.1) is 13.8 Å². The van der Waals surface area contributed by atoms with E-state index in [4.69, 9.17) is 9.15 Å². The molecular weight excluding hydrogens is 392 g/mol. The number of aromatic amines is 1. The summed E-state index contributed by atoms with van der Waals surface area (Å²) in [6.45, 7) is 5.24. The Morgan fingerprint density at radius 2 is 2.00 bits per heavy atom. The van der Waals surface area contributed by atoms with Gasteiger partial charge in [-0.1, -0.05) is 6.07 Å². The number of nitrogens with zero attached hydrogens (tertiary/aromatic N) is 1. The Balaban J connectivity index is 1.96. The molecule has 0 bridgehead atoms. The Morgan fingerprint density at radius 1 is 1.24 bits per heavy atom. The summed E-state index contributed by atoms with van der Waals surface area (Å²) >= 11 is 1.31. The normalized spacial score (nSPS) is 11.9. The lowest BCUT2D eigenvalue weighted by Crippen LogP contribution is -2.42. The molecule has 0 radical (unpaired) electrons. The molecule has 0 saturated carbocycles. The number of carbonyl (C=O) groups is 3. The largest absolute Gasteiger partial charge is 0.467 e. The van der Waals surface area contributed by atoms with Gasteiger partial charge in [0.05, 0.1) is 30.8 Å². The zero-order valence-electron chi connectivity index (χ0n) is 16.6. The van der Waals surface area contributed by atoms with Gasteiger partial charge >= 0.3 is 5.97 Å². The first kappa shape index (κ1) is 20.6. The lowest BCUT2D eigenvalue weighted by molar-refractivity contribution is 0.0591. The average molecular weight is 414 g/mol. The topological polar surface area (TPSA) is 92.6 Å². The molecule has 1 amide bonds. The molecule has 0 aromatic carbocycles. The molecule has 7 nitrogen and oxygen atoms in total. The van der Waals surface area contributed by atoms with Gasteiger partial charge in [-0.25, -0.2) is 4.79 Å².